The van der Waals surface area contributed by atoms with E-state index in [2.05, 4.69) is 15.6 Å². The molecule has 1 aliphatic carbocycles. The van der Waals surface area contributed by atoms with Gasteiger partial charge in [0.05, 0.1) is 11.4 Å². The number of hydrogen-bond acceptors (Lipinski definition) is 3. The summed E-state index contributed by atoms with van der Waals surface area (Å²) in [5, 5.41) is 10.6. The highest BCUT2D eigenvalue weighted by molar-refractivity contribution is 5.19. The van der Waals surface area contributed by atoms with Crippen molar-refractivity contribution in [2.75, 3.05) is 6.54 Å². The van der Waals surface area contributed by atoms with Crippen LogP contribution in [0.15, 0.2) is 0 Å². The number of nitrogens with zero attached hydrogens (tertiary/aromatic N) is 3. The molecule has 0 saturated heterocycles. The number of fused-ring (bicyclic) bond motifs is 1. The number of rotatable bonds is 1. The molecule has 16 heavy (non-hydrogen) atoms. The third kappa shape index (κ3) is 1.20. The average Bonchev–Trinajstić information content (AvgIpc) is 2.93. The molecular formula is C9H11F3N4. The molecule has 1 aromatic rings. The van der Waals surface area contributed by atoms with Crippen molar-refractivity contribution < 1.29 is 13.2 Å². The molecule has 3 rings (SSSR count). The number of alkyl halides is 3. The molecule has 1 fully saturated rings. The maximum absolute atomic E-state index is 12.9. The minimum atomic E-state index is -4.22. The van der Waals surface area contributed by atoms with Crippen LogP contribution in [0, 0.1) is 0 Å². The van der Waals surface area contributed by atoms with Crippen LogP contribution in [0.3, 0.4) is 0 Å². The first-order chi connectivity index (χ1) is 7.55. The van der Waals surface area contributed by atoms with Crippen LogP contribution in [0.25, 0.3) is 0 Å². The van der Waals surface area contributed by atoms with E-state index in [1.54, 1.807) is 0 Å². The number of nitrogens with one attached hydrogen (secondary N) is 1. The summed E-state index contributed by atoms with van der Waals surface area (Å²) < 4.78 is 39.9. The van der Waals surface area contributed by atoms with E-state index in [1.807, 2.05) is 0 Å². The Labute approximate surface area is 89.8 Å². The molecule has 1 N–H and O–H groups in total. The maximum atomic E-state index is 12.9. The van der Waals surface area contributed by atoms with Crippen molar-refractivity contribution in [3.05, 3.63) is 11.4 Å². The number of hydrogen-bond donors (Lipinski definition) is 1. The second kappa shape index (κ2) is 2.97. The fraction of sp³-hybridized carbons (Fsp3) is 0.778. The monoisotopic (exact) mass is 232 g/mol. The van der Waals surface area contributed by atoms with E-state index in [0.29, 0.717) is 30.9 Å². The van der Waals surface area contributed by atoms with E-state index in [4.69, 9.17) is 0 Å². The third-order valence-electron chi connectivity index (χ3n) is 3.33. The van der Waals surface area contributed by atoms with Crippen LogP contribution in [-0.2, 0) is 18.5 Å². The highest BCUT2D eigenvalue weighted by Gasteiger charge is 2.66. The predicted molar refractivity (Wildman–Crippen MR) is 48.7 cm³/mol. The SMILES string of the molecule is FC(F)(F)C1(n2nnc3c2CCNC3)CC1. The van der Waals surface area contributed by atoms with Gasteiger partial charge in [-0.05, 0) is 12.8 Å². The highest BCUT2D eigenvalue weighted by Crippen LogP contribution is 2.55. The second-order valence-electron chi connectivity index (χ2n) is 4.35. The van der Waals surface area contributed by atoms with E-state index in [9.17, 15) is 13.2 Å². The molecule has 2 aliphatic rings. The summed E-state index contributed by atoms with van der Waals surface area (Å²) in [6.07, 6.45) is -3.40. The molecule has 0 unspecified atom stereocenters. The fourth-order valence-corrected chi connectivity index (χ4v) is 2.21. The van der Waals surface area contributed by atoms with Crippen LogP contribution in [0.1, 0.15) is 24.2 Å². The predicted octanol–water partition coefficient (Wildman–Crippen LogP) is 0.975. The van der Waals surface area contributed by atoms with E-state index in [1.165, 1.54) is 0 Å². The largest absolute Gasteiger partial charge is 0.413 e. The Morgan fingerprint density at radius 2 is 2.06 bits per heavy atom. The van der Waals surface area contributed by atoms with Gasteiger partial charge in [0.2, 0.25) is 0 Å². The van der Waals surface area contributed by atoms with E-state index in [-0.39, 0.29) is 12.8 Å². The molecule has 0 amide bonds. The Kier molecular flexibility index (Phi) is 1.87. The molecule has 0 bridgehead atoms. The second-order valence-corrected chi connectivity index (χ2v) is 4.35. The summed E-state index contributed by atoms with van der Waals surface area (Å²) in [6.45, 7) is 1.21. The van der Waals surface area contributed by atoms with Crippen LogP contribution in [0.4, 0.5) is 13.2 Å². The van der Waals surface area contributed by atoms with Gasteiger partial charge in [-0.2, -0.15) is 13.2 Å². The molecule has 1 aliphatic heterocycles. The van der Waals surface area contributed by atoms with Crippen LogP contribution < -0.4 is 5.32 Å². The summed E-state index contributed by atoms with van der Waals surface area (Å²) in [7, 11) is 0. The van der Waals surface area contributed by atoms with Crippen molar-refractivity contribution in [2.24, 2.45) is 0 Å². The molecule has 0 atom stereocenters. The van der Waals surface area contributed by atoms with Crippen LogP contribution >= 0.6 is 0 Å². The Balaban J connectivity index is 2.04. The lowest BCUT2D eigenvalue weighted by molar-refractivity contribution is -0.183. The Morgan fingerprint density at radius 1 is 1.31 bits per heavy atom. The van der Waals surface area contributed by atoms with Gasteiger partial charge in [-0.25, -0.2) is 4.68 Å². The van der Waals surface area contributed by atoms with Crippen molar-refractivity contribution in [2.45, 2.75) is 37.5 Å². The van der Waals surface area contributed by atoms with E-state index >= 15 is 0 Å². The van der Waals surface area contributed by atoms with Crippen LogP contribution in [0.2, 0.25) is 0 Å². The zero-order valence-electron chi connectivity index (χ0n) is 8.51. The summed E-state index contributed by atoms with van der Waals surface area (Å²) in [4.78, 5) is 0. The Hall–Kier alpha value is -1.11. The summed E-state index contributed by atoms with van der Waals surface area (Å²) in [6, 6.07) is 0. The molecule has 1 saturated carbocycles. The zero-order chi connectivity index (χ0) is 11.4. The normalized spacial score (nSPS) is 22.9. The van der Waals surface area contributed by atoms with Crippen molar-refractivity contribution in [1.29, 1.82) is 0 Å². The number of aromatic nitrogens is 3. The zero-order valence-corrected chi connectivity index (χ0v) is 8.51. The summed E-state index contributed by atoms with van der Waals surface area (Å²) >= 11 is 0. The van der Waals surface area contributed by atoms with Crippen LogP contribution in [0.5, 0.6) is 0 Å². The fourth-order valence-electron chi connectivity index (χ4n) is 2.21. The Bertz CT molecular complexity index is 419. The molecule has 0 aromatic carbocycles. The lowest BCUT2D eigenvalue weighted by Gasteiger charge is -2.22. The molecule has 7 heteroatoms. The van der Waals surface area contributed by atoms with E-state index < -0.39 is 11.7 Å². The lowest BCUT2D eigenvalue weighted by atomic mass is 10.1. The van der Waals surface area contributed by atoms with E-state index in [0.717, 1.165) is 4.68 Å². The van der Waals surface area contributed by atoms with Gasteiger partial charge in [0.25, 0.3) is 0 Å². The van der Waals surface area contributed by atoms with Gasteiger partial charge in [-0.1, -0.05) is 5.21 Å². The molecule has 88 valence electrons. The average molecular weight is 232 g/mol. The van der Waals surface area contributed by atoms with Crippen molar-refractivity contribution in [3.63, 3.8) is 0 Å². The van der Waals surface area contributed by atoms with Gasteiger partial charge < -0.3 is 5.32 Å². The van der Waals surface area contributed by atoms with Gasteiger partial charge in [-0.3, -0.25) is 0 Å². The highest BCUT2D eigenvalue weighted by atomic mass is 19.4. The number of halogens is 3. The minimum absolute atomic E-state index is 0.125. The lowest BCUT2D eigenvalue weighted by Crippen LogP contribution is -2.38. The van der Waals surface area contributed by atoms with Crippen molar-refractivity contribution >= 4 is 0 Å². The van der Waals surface area contributed by atoms with Gasteiger partial charge >= 0.3 is 6.18 Å². The van der Waals surface area contributed by atoms with Crippen molar-refractivity contribution in [3.8, 4) is 0 Å². The molecule has 4 nitrogen and oxygen atoms in total. The van der Waals surface area contributed by atoms with Gasteiger partial charge in [-0.15, -0.1) is 5.10 Å². The topological polar surface area (TPSA) is 42.7 Å². The summed E-state index contributed by atoms with van der Waals surface area (Å²) in [5.41, 5.74) is -0.458. The van der Waals surface area contributed by atoms with Gasteiger partial charge in [0.15, 0.2) is 5.54 Å². The molecule has 0 spiro atoms. The van der Waals surface area contributed by atoms with Crippen molar-refractivity contribution in [1.82, 2.24) is 20.3 Å². The standard InChI is InChI=1S/C9H11F3N4/c10-9(11,12)8(2-3-8)16-7-1-4-13-5-6(7)14-15-16/h13H,1-5H2. The summed E-state index contributed by atoms with van der Waals surface area (Å²) in [5.74, 6) is 0. The Morgan fingerprint density at radius 3 is 2.69 bits per heavy atom. The maximum Gasteiger partial charge on any atom is 0.413 e. The van der Waals surface area contributed by atoms with Crippen LogP contribution in [-0.4, -0.2) is 27.7 Å². The molecule has 2 heterocycles. The molecule has 1 aromatic heterocycles. The smallest absolute Gasteiger partial charge is 0.311 e. The first-order valence-corrected chi connectivity index (χ1v) is 5.26. The first-order valence-electron chi connectivity index (χ1n) is 5.26. The third-order valence-corrected chi connectivity index (χ3v) is 3.33. The van der Waals surface area contributed by atoms with Gasteiger partial charge in [0.1, 0.15) is 0 Å². The minimum Gasteiger partial charge on any atom is -0.311 e. The molecular weight excluding hydrogens is 221 g/mol. The van der Waals surface area contributed by atoms with Gasteiger partial charge in [0, 0.05) is 19.5 Å². The first kappa shape index (κ1) is 10.1. The quantitative estimate of drug-likeness (QED) is 0.784. The molecule has 0 radical (unpaired) electrons.